The number of halogens is 4. The molecule has 1 aromatic rings. The zero-order valence-corrected chi connectivity index (χ0v) is 16.7. The first-order valence-electron chi connectivity index (χ1n) is 8.40. The van der Waals surface area contributed by atoms with Gasteiger partial charge in [0.15, 0.2) is 0 Å². The highest BCUT2D eigenvalue weighted by Crippen LogP contribution is 2.50. The number of thiol groups is 1. The van der Waals surface area contributed by atoms with Crippen LogP contribution in [-0.4, -0.2) is 28.7 Å². The van der Waals surface area contributed by atoms with Crippen molar-refractivity contribution >= 4 is 24.4 Å². The minimum absolute atomic E-state index is 0.0729. The molecule has 4 nitrogen and oxygen atoms in total. The van der Waals surface area contributed by atoms with E-state index in [9.17, 15) is 22.4 Å². The molecule has 0 unspecified atom stereocenters. The Bertz CT molecular complexity index is 737. The van der Waals surface area contributed by atoms with Crippen LogP contribution in [0.1, 0.15) is 46.6 Å². The van der Waals surface area contributed by atoms with Crippen LogP contribution in [0.25, 0.3) is 0 Å². The van der Waals surface area contributed by atoms with E-state index in [4.69, 9.17) is 4.74 Å². The lowest BCUT2D eigenvalue weighted by molar-refractivity contribution is -0.154. The Morgan fingerprint density at radius 1 is 1.30 bits per heavy atom. The number of hydrogen-bond donors (Lipinski definition) is 3. The van der Waals surface area contributed by atoms with Gasteiger partial charge in [0, 0.05) is 17.7 Å². The fourth-order valence-corrected chi connectivity index (χ4v) is 3.27. The summed E-state index contributed by atoms with van der Waals surface area (Å²) in [6.07, 6.45) is -1.93. The molecule has 0 spiro atoms. The van der Waals surface area contributed by atoms with Crippen LogP contribution in [0.2, 0.25) is 0 Å². The third-order valence-corrected chi connectivity index (χ3v) is 5.11. The maximum absolute atomic E-state index is 14.8. The van der Waals surface area contributed by atoms with Crippen LogP contribution in [-0.2, 0) is 10.3 Å². The normalized spacial score (nSPS) is 30.7. The molecule has 1 aliphatic rings. The van der Waals surface area contributed by atoms with Crippen LogP contribution >= 0.6 is 12.6 Å². The maximum atomic E-state index is 14.8. The van der Waals surface area contributed by atoms with Crippen molar-refractivity contribution in [1.29, 1.82) is 0 Å². The Labute approximate surface area is 161 Å². The number of hydrogen-bond acceptors (Lipinski definition) is 4. The minimum atomic E-state index is -3.61. The molecule has 3 atom stereocenters. The van der Waals surface area contributed by atoms with Crippen molar-refractivity contribution in [2.75, 3.05) is 5.32 Å². The number of carbonyl (C=O) groups is 1. The molecule has 0 aliphatic carbocycles. The zero-order chi connectivity index (χ0) is 20.8. The SMILES string of the molecule is CC(C)(C)OC(=O)Nc1ccc(F)c([C@@]2(C)N[C@H](S)[C@](C)(F)CC2(F)F)c1. The van der Waals surface area contributed by atoms with Crippen LogP contribution in [0.3, 0.4) is 0 Å². The van der Waals surface area contributed by atoms with E-state index in [2.05, 4.69) is 23.3 Å². The first-order valence-corrected chi connectivity index (χ1v) is 8.92. The fourth-order valence-electron chi connectivity index (χ4n) is 2.92. The second-order valence-electron chi connectivity index (χ2n) is 8.15. The average molecular weight is 408 g/mol. The molecule has 0 bridgehead atoms. The quantitative estimate of drug-likeness (QED) is 0.477. The van der Waals surface area contributed by atoms with Gasteiger partial charge in [0.2, 0.25) is 0 Å². The van der Waals surface area contributed by atoms with Gasteiger partial charge in [-0.2, -0.15) is 12.6 Å². The van der Waals surface area contributed by atoms with Gasteiger partial charge in [0.25, 0.3) is 5.92 Å². The van der Waals surface area contributed by atoms with Crippen molar-refractivity contribution in [3.05, 3.63) is 29.6 Å². The number of nitrogens with one attached hydrogen (secondary N) is 2. The van der Waals surface area contributed by atoms with Crippen molar-refractivity contribution in [2.24, 2.45) is 0 Å². The topological polar surface area (TPSA) is 50.4 Å². The number of piperidine rings is 1. The first kappa shape index (κ1) is 21.8. The lowest BCUT2D eigenvalue weighted by Crippen LogP contribution is -2.67. The molecule has 2 rings (SSSR count). The lowest BCUT2D eigenvalue weighted by Gasteiger charge is -2.49. The van der Waals surface area contributed by atoms with Crippen LogP contribution in [0.5, 0.6) is 0 Å². The number of amides is 1. The van der Waals surface area contributed by atoms with E-state index in [0.29, 0.717) is 0 Å². The van der Waals surface area contributed by atoms with Gasteiger partial charge < -0.3 is 4.74 Å². The molecule has 1 aromatic carbocycles. The molecule has 1 fully saturated rings. The minimum Gasteiger partial charge on any atom is -0.444 e. The predicted molar refractivity (Wildman–Crippen MR) is 98.6 cm³/mol. The predicted octanol–water partition coefficient (Wildman–Crippen LogP) is 5.00. The number of benzene rings is 1. The number of rotatable bonds is 2. The summed E-state index contributed by atoms with van der Waals surface area (Å²) < 4.78 is 63.5. The molecular formula is C18H24F4N2O2S. The van der Waals surface area contributed by atoms with Crippen LogP contribution in [0.15, 0.2) is 18.2 Å². The highest BCUT2D eigenvalue weighted by molar-refractivity contribution is 7.81. The molecule has 1 aliphatic heterocycles. The van der Waals surface area contributed by atoms with Gasteiger partial charge >= 0.3 is 6.09 Å². The lowest BCUT2D eigenvalue weighted by atomic mass is 9.76. The van der Waals surface area contributed by atoms with E-state index >= 15 is 0 Å². The van der Waals surface area contributed by atoms with Gasteiger partial charge in [-0.3, -0.25) is 10.6 Å². The van der Waals surface area contributed by atoms with E-state index in [1.54, 1.807) is 20.8 Å². The highest BCUT2D eigenvalue weighted by Gasteiger charge is 2.62. The zero-order valence-electron chi connectivity index (χ0n) is 15.8. The number of ether oxygens (including phenoxy) is 1. The Morgan fingerprint density at radius 3 is 2.44 bits per heavy atom. The molecule has 1 saturated heterocycles. The molecule has 9 heteroatoms. The molecule has 2 N–H and O–H groups in total. The van der Waals surface area contributed by atoms with Gasteiger partial charge in [-0.25, -0.2) is 22.4 Å². The fraction of sp³-hybridized carbons (Fsp3) is 0.611. The molecule has 0 radical (unpaired) electrons. The second-order valence-corrected chi connectivity index (χ2v) is 8.67. The van der Waals surface area contributed by atoms with E-state index in [1.165, 1.54) is 6.07 Å². The number of anilines is 1. The summed E-state index contributed by atoms with van der Waals surface area (Å²) in [5.74, 6) is -4.52. The summed E-state index contributed by atoms with van der Waals surface area (Å²) in [6, 6.07) is 3.27. The van der Waals surface area contributed by atoms with Gasteiger partial charge in [-0.1, -0.05) is 0 Å². The summed E-state index contributed by atoms with van der Waals surface area (Å²) in [5.41, 5.74) is -5.60. The summed E-state index contributed by atoms with van der Waals surface area (Å²) in [6.45, 7) is 7.09. The second kappa shape index (κ2) is 6.84. The molecule has 152 valence electrons. The van der Waals surface area contributed by atoms with Crippen molar-refractivity contribution in [3.8, 4) is 0 Å². The van der Waals surface area contributed by atoms with E-state index in [-0.39, 0.29) is 5.69 Å². The molecule has 0 saturated carbocycles. The van der Waals surface area contributed by atoms with Gasteiger partial charge in [0.05, 0.1) is 5.37 Å². The summed E-state index contributed by atoms with van der Waals surface area (Å²) in [7, 11) is 0. The molecule has 0 aromatic heterocycles. The third kappa shape index (κ3) is 4.51. The van der Waals surface area contributed by atoms with Crippen molar-refractivity contribution in [3.63, 3.8) is 0 Å². The number of alkyl halides is 3. The Balaban J connectivity index is 2.39. The standard InChI is InChI=1S/C18H24F4N2O2S/c1-15(2,3)26-14(25)23-10-6-7-12(19)11(8-10)17(5)18(21,22)9-16(4,20)13(27)24-17/h6-8,13,24,27H,9H2,1-5H3,(H,23,25)/t13-,16-,17-/m1/s1. The van der Waals surface area contributed by atoms with Crippen molar-refractivity contribution in [2.45, 2.75) is 69.1 Å². The molecule has 1 heterocycles. The van der Waals surface area contributed by atoms with E-state index < -0.39 is 52.0 Å². The Morgan fingerprint density at radius 2 is 1.89 bits per heavy atom. The van der Waals surface area contributed by atoms with E-state index in [0.717, 1.165) is 26.0 Å². The van der Waals surface area contributed by atoms with Crippen LogP contribution < -0.4 is 10.6 Å². The monoisotopic (exact) mass is 408 g/mol. The smallest absolute Gasteiger partial charge is 0.412 e. The average Bonchev–Trinajstić information content (AvgIpc) is 2.44. The third-order valence-electron chi connectivity index (χ3n) is 4.45. The summed E-state index contributed by atoms with van der Waals surface area (Å²) >= 11 is 4.01. The maximum Gasteiger partial charge on any atom is 0.412 e. The van der Waals surface area contributed by atoms with Crippen LogP contribution in [0, 0.1) is 5.82 Å². The molecule has 1 amide bonds. The van der Waals surface area contributed by atoms with E-state index in [1.807, 2.05) is 0 Å². The van der Waals surface area contributed by atoms with Crippen molar-refractivity contribution < 1.29 is 27.1 Å². The molecular weight excluding hydrogens is 384 g/mol. The number of carbonyl (C=O) groups excluding carboxylic acids is 1. The van der Waals surface area contributed by atoms with Gasteiger partial charge in [-0.15, -0.1) is 0 Å². The van der Waals surface area contributed by atoms with Gasteiger partial charge in [0.1, 0.15) is 22.6 Å². The summed E-state index contributed by atoms with van der Waals surface area (Å²) in [5, 5.41) is 3.56. The summed E-state index contributed by atoms with van der Waals surface area (Å²) in [4.78, 5) is 11.9. The van der Waals surface area contributed by atoms with Crippen LogP contribution in [0.4, 0.5) is 28.0 Å². The first-order chi connectivity index (χ1) is 12.1. The molecule has 27 heavy (non-hydrogen) atoms. The Hall–Kier alpha value is -1.48. The van der Waals surface area contributed by atoms with Crippen molar-refractivity contribution in [1.82, 2.24) is 5.32 Å². The highest BCUT2D eigenvalue weighted by atomic mass is 32.1. The largest absolute Gasteiger partial charge is 0.444 e. The van der Waals surface area contributed by atoms with Gasteiger partial charge in [-0.05, 0) is 52.8 Å². The Kier molecular flexibility index (Phi) is 5.53.